The summed E-state index contributed by atoms with van der Waals surface area (Å²) < 4.78 is 54.2. The van der Waals surface area contributed by atoms with Crippen LogP contribution < -0.4 is 15.0 Å². The van der Waals surface area contributed by atoms with E-state index in [2.05, 4.69) is 15.2 Å². The molecule has 2 saturated heterocycles. The van der Waals surface area contributed by atoms with Crippen molar-refractivity contribution in [3.05, 3.63) is 116 Å². The minimum absolute atomic E-state index is 0.0835. The summed E-state index contributed by atoms with van der Waals surface area (Å²) in [6, 6.07) is 8.94. The largest absolute Gasteiger partial charge is 0.478 e. The molecule has 2 N–H and O–H groups in total. The molecule has 3 aliphatic rings. The van der Waals surface area contributed by atoms with E-state index in [-0.39, 0.29) is 58.5 Å². The Balaban J connectivity index is 1.13. The zero-order valence-electron chi connectivity index (χ0n) is 27.2. The number of esters is 1. The van der Waals surface area contributed by atoms with Crippen LogP contribution in [0.3, 0.4) is 0 Å². The fraction of sp³-hybridized carbons (Fsp3) is 0.229. The summed E-state index contributed by atoms with van der Waals surface area (Å²) in [5.41, 5.74) is 0.973. The lowest BCUT2D eigenvalue weighted by atomic mass is 9.95. The van der Waals surface area contributed by atoms with Gasteiger partial charge in [-0.05, 0) is 36.4 Å². The molecular weight excluding hydrogens is 725 g/mol. The van der Waals surface area contributed by atoms with Gasteiger partial charge in [-0.25, -0.2) is 32.5 Å². The number of ether oxygens (including phenoxy) is 2. The number of thiazole rings is 1. The SMILES string of the molecule is COC(=O)C1=C(CN2CCN3C(=O)N(c4cc(F)cc(Oc5ccc(C(=O)O)cc5F)c4)C[C@@H]3C2)NC(c2nccs2)=N[C@H]1c1ccc(F)cc1Cl. The highest BCUT2D eigenvalue weighted by Crippen LogP contribution is 2.38. The number of nitrogens with one attached hydrogen (secondary N) is 1. The van der Waals surface area contributed by atoms with Crippen molar-refractivity contribution in [2.24, 2.45) is 4.99 Å². The summed E-state index contributed by atoms with van der Waals surface area (Å²) in [7, 11) is 1.25. The van der Waals surface area contributed by atoms with Gasteiger partial charge in [0.1, 0.15) is 23.4 Å². The van der Waals surface area contributed by atoms with Crippen LogP contribution in [-0.2, 0) is 9.53 Å². The molecular formula is C35H28ClF3N6O6S. The molecule has 3 aliphatic heterocycles. The summed E-state index contributed by atoms with van der Waals surface area (Å²) in [6.45, 7) is 1.53. The predicted octanol–water partition coefficient (Wildman–Crippen LogP) is 5.85. The van der Waals surface area contributed by atoms with Crippen molar-refractivity contribution in [3.63, 3.8) is 0 Å². The second-order valence-corrected chi connectivity index (χ2v) is 13.4. The van der Waals surface area contributed by atoms with E-state index in [1.807, 2.05) is 0 Å². The van der Waals surface area contributed by atoms with E-state index in [1.54, 1.807) is 16.5 Å². The molecule has 1 aromatic heterocycles. The van der Waals surface area contributed by atoms with Crippen molar-refractivity contribution in [1.82, 2.24) is 20.1 Å². The minimum Gasteiger partial charge on any atom is -0.478 e. The van der Waals surface area contributed by atoms with Gasteiger partial charge in [0, 0.05) is 72.7 Å². The maximum Gasteiger partial charge on any atom is 0.338 e. The number of aliphatic imine (C=N–C) groups is 1. The van der Waals surface area contributed by atoms with Crippen molar-refractivity contribution >= 4 is 52.4 Å². The van der Waals surface area contributed by atoms with Crippen LogP contribution in [0.1, 0.15) is 27.0 Å². The van der Waals surface area contributed by atoms with E-state index in [1.165, 1.54) is 47.6 Å². The average molecular weight is 753 g/mol. The van der Waals surface area contributed by atoms with Gasteiger partial charge in [0.25, 0.3) is 0 Å². The highest BCUT2D eigenvalue weighted by atomic mass is 35.5. The molecule has 0 saturated carbocycles. The topological polar surface area (TPSA) is 137 Å². The number of anilines is 1. The van der Waals surface area contributed by atoms with E-state index >= 15 is 0 Å². The smallest absolute Gasteiger partial charge is 0.338 e. The maximum absolute atomic E-state index is 14.8. The van der Waals surface area contributed by atoms with Gasteiger partial charge in [0.2, 0.25) is 0 Å². The molecule has 3 aromatic carbocycles. The highest BCUT2D eigenvalue weighted by molar-refractivity contribution is 7.11. The zero-order valence-corrected chi connectivity index (χ0v) is 28.8. The number of aromatic nitrogens is 1. The van der Waals surface area contributed by atoms with E-state index in [0.717, 1.165) is 30.3 Å². The number of piperazine rings is 1. The summed E-state index contributed by atoms with van der Waals surface area (Å²) >= 11 is 7.81. The minimum atomic E-state index is -1.31. The second-order valence-electron chi connectivity index (χ2n) is 12.1. The van der Waals surface area contributed by atoms with Crippen LogP contribution in [0.4, 0.5) is 23.7 Å². The fourth-order valence-corrected chi connectivity index (χ4v) is 7.29. The molecule has 7 rings (SSSR count). The molecule has 4 heterocycles. The van der Waals surface area contributed by atoms with Crippen LogP contribution in [0, 0.1) is 17.5 Å². The number of nitrogens with zero attached hydrogens (tertiary/aromatic N) is 5. The normalized spacial score (nSPS) is 18.9. The molecule has 0 radical (unpaired) electrons. The van der Waals surface area contributed by atoms with E-state index in [4.69, 9.17) is 31.2 Å². The molecule has 0 bridgehead atoms. The van der Waals surface area contributed by atoms with E-state index < -0.39 is 35.4 Å². The maximum atomic E-state index is 14.8. The average Bonchev–Trinajstić information content (AvgIpc) is 3.77. The summed E-state index contributed by atoms with van der Waals surface area (Å²) in [5.74, 6) is -4.20. The number of carbonyl (C=O) groups excluding carboxylic acids is 2. The number of carboxylic acid groups (broad SMARTS) is 1. The Morgan fingerprint density at radius 2 is 1.88 bits per heavy atom. The van der Waals surface area contributed by atoms with Crippen LogP contribution in [0.15, 0.2) is 82.4 Å². The zero-order chi connectivity index (χ0) is 36.7. The number of hydrogen-bond donors (Lipinski definition) is 2. The van der Waals surface area contributed by atoms with Crippen molar-refractivity contribution in [3.8, 4) is 11.5 Å². The van der Waals surface area contributed by atoms with Gasteiger partial charge in [0.05, 0.1) is 30.0 Å². The second kappa shape index (κ2) is 14.3. The third-order valence-corrected chi connectivity index (χ3v) is 9.92. The first-order chi connectivity index (χ1) is 25.0. The number of fused-ring (bicyclic) bond motifs is 1. The molecule has 2 fully saturated rings. The first-order valence-corrected chi connectivity index (χ1v) is 17.1. The van der Waals surface area contributed by atoms with Crippen LogP contribution in [-0.4, -0.2) is 89.6 Å². The number of amidine groups is 1. The summed E-state index contributed by atoms with van der Waals surface area (Å²) in [5, 5.41) is 14.8. The molecule has 268 valence electrons. The Labute approximate surface area is 303 Å². The van der Waals surface area contributed by atoms with Crippen LogP contribution >= 0.6 is 22.9 Å². The number of amides is 2. The Morgan fingerprint density at radius 3 is 2.60 bits per heavy atom. The quantitative estimate of drug-likeness (QED) is 0.202. The molecule has 12 nitrogen and oxygen atoms in total. The molecule has 0 aliphatic carbocycles. The van der Waals surface area contributed by atoms with Gasteiger partial charge in [-0.2, -0.15) is 0 Å². The molecule has 2 atom stereocenters. The van der Waals surface area contributed by atoms with Gasteiger partial charge in [-0.15, -0.1) is 11.3 Å². The van der Waals surface area contributed by atoms with Crippen molar-refractivity contribution in [2.75, 3.05) is 44.7 Å². The standard InChI is InChI=1S/C35H28ClF3N6O6S/c1-50-34(48)29-27(41-31(32-40-6-9-52-32)42-30(29)24-4-3-19(37)13-25(24)36)17-43-7-8-44-22(15-43)16-45(35(44)49)21-11-20(38)12-23(14-21)51-28-5-2-18(33(46)47)10-26(28)39/h2-6,9-14,22,30H,7-8,15-17H2,1H3,(H,41,42)(H,46,47)/t22-,30-/m0/s1. The van der Waals surface area contributed by atoms with Gasteiger partial charge in [0.15, 0.2) is 22.4 Å². The number of rotatable bonds is 9. The van der Waals surface area contributed by atoms with E-state index in [0.29, 0.717) is 41.7 Å². The van der Waals surface area contributed by atoms with Gasteiger partial charge in [-0.1, -0.05) is 17.7 Å². The Kier molecular flexibility index (Phi) is 9.61. The van der Waals surface area contributed by atoms with Gasteiger partial charge < -0.3 is 24.8 Å². The van der Waals surface area contributed by atoms with Crippen molar-refractivity contribution in [2.45, 2.75) is 12.1 Å². The van der Waals surface area contributed by atoms with Gasteiger partial charge >= 0.3 is 18.0 Å². The third kappa shape index (κ3) is 6.91. The Morgan fingerprint density at radius 1 is 1.06 bits per heavy atom. The lowest BCUT2D eigenvalue weighted by Crippen LogP contribution is -2.53. The number of methoxy groups -OCH3 is 1. The molecule has 0 unspecified atom stereocenters. The summed E-state index contributed by atoms with van der Waals surface area (Å²) in [4.78, 5) is 52.4. The first-order valence-electron chi connectivity index (χ1n) is 15.8. The van der Waals surface area contributed by atoms with E-state index in [9.17, 15) is 27.6 Å². The van der Waals surface area contributed by atoms with Crippen LogP contribution in [0.25, 0.3) is 0 Å². The molecule has 4 aromatic rings. The fourth-order valence-electron chi connectivity index (χ4n) is 6.43. The number of carboxylic acids is 1. The Hall–Kier alpha value is -5.45. The number of hydrogen-bond acceptors (Lipinski definition) is 10. The first kappa shape index (κ1) is 35.0. The van der Waals surface area contributed by atoms with Crippen molar-refractivity contribution < 1.29 is 42.1 Å². The molecule has 17 heteroatoms. The summed E-state index contributed by atoms with van der Waals surface area (Å²) in [6.07, 6.45) is 1.62. The molecule has 2 amide bonds. The van der Waals surface area contributed by atoms with Gasteiger partial charge in [-0.3, -0.25) is 14.8 Å². The molecule has 52 heavy (non-hydrogen) atoms. The Bertz CT molecular complexity index is 2150. The highest BCUT2D eigenvalue weighted by Gasteiger charge is 2.42. The number of benzene rings is 3. The third-order valence-electron chi connectivity index (χ3n) is 8.82. The van der Waals surface area contributed by atoms with Crippen molar-refractivity contribution in [1.29, 1.82) is 0 Å². The van der Waals surface area contributed by atoms with Crippen LogP contribution in [0.2, 0.25) is 5.02 Å². The monoisotopic (exact) mass is 752 g/mol. The number of halogens is 4. The predicted molar refractivity (Wildman–Crippen MR) is 184 cm³/mol. The lowest BCUT2D eigenvalue weighted by molar-refractivity contribution is -0.136. The lowest BCUT2D eigenvalue weighted by Gasteiger charge is -2.38. The molecule has 0 spiro atoms. The number of aromatic carboxylic acids is 1. The van der Waals surface area contributed by atoms with Crippen LogP contribution in [0.5, 0.6) is 11.5 Å². The number of carbonyl (C=O) groups is 3. The number of urea groups is 1.